The Bertz CT molecular complexity index is 804. The summed E-state index contributed by atoms with van der Waals surface area (Å²) in [7, 11) is 3.56. The summed E-state index contributed by atoms with van der Waals surface area (Å²) in [5, 5.41) is 3.20. The molecule has 0 saturated carbocycles. The van der Waals surface area contributed by atoms with Crippen molar-refractivity contribution < 1.29 is 0 Å². The van der Waals surface area contributed by atoms with Crippen LogP contribution in [0.15, 0.2) is 41.6 Å². The predicted molar refractivity (Wildman–Crippen MR) is 77.5 cm³/mol. The topological polar surface area (TPSA) is 64.7 Å². The van der Waals surface area contributed by atoms with Gasteiger partial charge in [-0.15, -0.1) is 0 Å². The number of imidazole rings is 1. The van der Waals surface area contributed by atoms with Crippen LogP contribution in [0, 0.1) is 0 Å². The van der Waals surface area contributed by atoms with Crippen LogP contribution in [0.1, 0.15) is 5.56 Å². The fourth-order valence-corrected chi connectivity index (χ4v) is 2.25. The maximum absolute atomic E-state index is 11.9. The number of fused-ring (bicyclic) bond motifs is 1. The third kappa shape index (κ3) is 2.05. The number of aromatic nitrogens is 4. The van der Waals surface area contributed by atoms with Crippen LogP contribution in [-0.2, 0) is 20.6 Å². The van der Waals surface area contributed by atoms with Gasteiger partial charge in [0.2, 0.25) is 0 Å². The summed E-state index contributed by atoms with van der Waals surface area (Å²) in [6.45, 7) is 0.637. The predicted octanol–water partition coefficient (Wildman–Crippen LogP) is 1.28. The van der Waals surface area contributed by atoms with Gasteiger partial charge in [0.1, 0.15) is 5.82 Å². The second kappa shape index (κ2) is 4.80. The molecule has 2 heterocycles. The van der Waals surface area contributed by atoms with E-state index in [-0.39, 0.29) is 5.69 Å². The Morgan fingerprint density at radius 1 is 1.15 bits per heavy atom. The van der Waals surface area contributed by atoms with Crippen LogP contribution < -0.4 is 11.0 Å². The minimum atomic E-state index is -0.0148. The van der Waals surface area contributed by atoms with Crippen molar-refractivity contribution in [3.63, 3.8) is 0 Å². The Labute approximate surface area is 115 Å². The average Bonchev–Trinajstić information content (AvgIpc) is 2.71. The van der Waals surface area contributed by atoms with Gasteiger partial charge in [0.25, 0.3) is 0 Å². The van der Waals surface area contributed by atoms with E-state index in [4.69, 9.17) is 0 Å². The van der Waals surface area contributed by atoms with Gasteiger partial charge in [0.15, 0.2) is 0 Å². The number of nitrogens with zero attached hydrogens (tertiary/aromatic N) is 4. The van der Waals surface area contributed by atoms with Crippen molar-refractivity contribution in [1.29, 1.82) is 0 Å². The molecule has 6 heteroatoms. The molecule has 0 unspecified atom stereocenters. The first kappa shape index (κ1) is 12.4. The maximum Gasteiger partial charge on any atom is 0.328 e. The molecule has 0 saturated heterocycles. The lowest BCUT2D eigenvalue weighted by molar-refractivity contribution is 0.795. The van der Waals surface area contributed by atoms with Crippen LogP contribution in [0.4, 0.5) is 5.82 Å². The summed E-state index contributed by atoms with van der Waals surface area (Å²) in [5.74, 6) is 0.731. The molecule has 0 fully saturated rings. The van der Waals surface area contributed by atoms with Crippen molar-refractivity contribution in [2.24, 2.45) is 14.1 Å². The van der Waals surface area contributed by atoms with E-state index in [0.717, 1.165) is 22.4 Å². The fourth-order valence-electron chi connectivity index (χ4n) is 2.25. The molecule has 0 radical (unpaired) electrons. The fraction of sp³-hybridized carbons (Fsp3) is 0.214. The molecule has 0 bridgehead atoms. The van der Waals surface area contributed by atoms with E-state index in [2.05, 4.69) is 15.3 Å². The average molecular weight is 269 g/mol. The number of nitrogens with one attached hydrogen (secondary N) is 1. The van der Waals surface area contributed by atoms with Crippen molar-refractivity contribution in [2.45, 2.75) is 6.54 Å². The molecule has 0 spiro atoms. The van der Waals surface area contributed by atoms with Crippen LogP contribution in [0.5, 0.6) is 0 Å². The second-order valence-electron chi connectivity index (χ2n) is 4.67. The molecule has 0 amide bonds. The van der Waals surface area contributed by atoms with Gasteiger partial charge >= 0.3 is 5.69 Å². The standard InChI is InChI=1S/C14H15N5O/c1-18-11-4-3-10(7-12(11)19(2)14(18)20)8-17-13-9-15-5-6-16-13/h3-7,9H,8H2,1-2H3,(H,16,17). The molecule has 1 aromatic carbocycles. The smallest absolute Gasteiger partial charge is 0.328 e. The van der Waals surface area contributed by atoms with E-state index in [1.165, 1.54) is 0 Å². The van der Waals surface area contributed by atoms with Gasteiger partial charge in [-0.2, -0.15) is 0 Å². The van der Waals surface area contributed by atoms with Crippen LogP contribution in [0.3, 0.4) is 0 Å². The van der Waals surface area contributed by atoms with Gasteiger partial charge in [-0.1, -0.05) is 6.07 Å². The third-order valence-electron chi connectivity index (χ3n) is 3.37. The summed E-state index contributed by atoms with van der Waals surface area (Å²) < 4.78 is 3.30. The molecule has 20 heavy (non-hydrogen) atoms. The zero-order chi connectivity index (χ0) is 14.1. The summed E-state index contributed by atoms with van der Waals surface area (Å²) in [5.41, 5.74) is 2.93. The van der Waals surface area contributed by atoms with Crippen molar-refractivity contribution >= 4 is 16.9 Å². The van der Waals surface area contributed by atoms with Gasteiger partial charge in [-0.3, -0.25) is 14.1 Å². The highest BCUT2D eigenvalue weighted by molar-refractivity contribution is 5.76. The first-order valence-corrected chi connectivity index (χ1v) is 6.31. The number of hydrogen-bond acceptors (Lipinski definition) is 4. The van der Waals surface area contributed by atoms with Crippen LogP contribution in [-0.4, -0.2) is 19.1 Å². The monoisotopic (exact) mass is 269 g/mol. The zero-order valence-corrected chi connectivity index (χ0v) is 11.4. The summed E-state index contributed by atoms with van der Waals surface area (Å²) in [6, 6.07) is 5.98. The molecular weight excluding hydrogens is 254 g/mol. The third-order valence-corrected chi connectivity index (χ3v) is 3.37. The lowest BCUT2D eigenvalue weighted by Crippen LogP contribution is -2.19. The van der Waals surface area contributed by atoms with Crippen molar-refractivity contribution in [3.05, 3.63) is 52.8 Å². The Hall–Kier alpha value is -2.63. The maximum atomic E-state index is 11.9. The molecule has 102 valence electrons. The molecule has 0 aliphatic rings. The first-order chi connectivity index (χ1) is 9.66. The van der Waals surface area contributed by atoms with Crippen molar-refractivity contribution in [1.82, 2.24) is 19.1 Å². The highest BCUT2D eigenvalue weighted by Crippen LogP contribution is 2.14. The van der Waals surface area contributed by atoms with E-state index < -0.39 is 0 Å². The van der Waals surface area contributed by atoms with Gasteiger partial charge < -0.3 is 5.32 Å². The highest BCUT2D eigenvalue weighted by Gasteiger charge is 2.07. The number of anilines is 1. The second-order valence-corrected chi connectivity index (χ2v) is 4.67. The molecule has 1 N–H and O–H groups in total. The molecule has 3 rings (SSSR count). The molecule has 2 aromatic heterocycles. The highest BCUT2D eigenvalue weighted by atomic mass is 16.1. The number of rotatable bonds is 3. The molecule has 0 aliphatic carbocycles. The van der Waals surface area contributed by atoms with Gasteiger partial charge in [0.05, 0.1) is 17.2 Å². The van der Waals surface area contributed by atoms with Gasteiger partial charge in [-0.05, 0) is 17.7 Å². The van der Waals surface area contributed by atoms with E-state index in [0.29, 0.717) is 6.54 Å². The van der Waals surface area contributed by atoms with Crippen molar-refractivity contribution in [3.8, 4) is 0 Å². The van der Waals surface area contributed by atoms with E-state index in [1.807, 2.05) is 18.2 Å². The van der Waals surface area contributed by atoms with E-state index in [1.54, 1.807) is 41.8 Å². The van der Waals surface area contributed by atoms with Gasteiger partial charge in [-0.25, -0.2) is 9.78 Å². The van der Waals surface area contributed by atoms with Crippen LogP contribution >= 0.6 is 0 Å². The molecule has 6 nitrogen and oxygen atoms in total. The minimum Gasteiger partial charge on any atom is -0.365 e. The summed E-state index contributed by atoms with van der Waals surface area (Å²) in [6.07, 6.45) is 4.96. The first-order valence-electron chi connectivity index (χ1n) is 6.31. The van der Waals surface area contributed by atoms with Crippen LogP contribution in [0.25, 0.3) is 11.0 Å². The number of benzene rings is 1. The SMILES string of the molecule is Cn1c(=O)n(C)c2cc(CNc3cnccn3)ccc21. The summed E-state index contributed by atoms with van der Waals surface area (Å²) in [4.78, 5) is 20.0. The Morgan fingerprint density at radius 2 is 1.95 bits per heavy atom. The Balaban J connectivity index is 1.90. The van der Waals surface area contributed by atoms with Gasteiger partial charge in [0, 0.05) is 33.0 Å². The van der Waals surface area contributed by atoms with Crippen molar-refractivity contribution in [2.75, 3.05) is 5.32 Å². The zero-order valence-electron chi connectivity index (χ0n) is 11.4. The molecule has 3 aromatic rings. The Morgan fingerprint density at radius 3 is 2.70 bits per heavy atom. The number of hydrogen-bond donors (Lipinski definition) is 1. The molecule has 0 aliphatic heterocycles. The van der Waals surface area contributed by atoms with E-state index in [9.17, 15) is 4.79 Å². The lowest BCUT2D eigenvalue weighted by Gasteiger charge is -2.05. The Kier molecular flexibility index (Phi) is 2.98. The quantitative estimate of drug-likeness (QED) is 0.778. The van der Waals surface area contributed by atoms with E-state index >= 15 is 0 Å². The van der Waals surface area contributed by atoms with Crippen LogP contribution in [0.2, 0.25) is 0 Å². The lowest BCUT2D eigenvalue weighted by atomic mass is 10.2. The normalized spacial score (nSPS) is 10.9. The minimum absolute atomic E-state index is 0.0148. The molecular formula is C14H15N5O. The molecule has 0 atom stereocenters. The summed E-state index contributed by atoms with van der Waals surface area (Å²) >= 11 is 0. The largest absolute Gasteiger partial charge is 0.365 e. The number of aryl methyl sites for hydroxylation is 2.